The summed E-state index contributed by atoms with van der Waals surface area (Å²) in [5.41, 5.74) is 1.83. The fourth-order valence-electron chi connectivity index (χ4n) is 3.31. The molecule has 1 fully saturated rings. The summed E-state index contributed by atoms with van der Waals surface area (Å²) in [5, 5.41) is 3.43. The molecule has 0 amide bonds. The number of nitrogens with zero attached hydrogens (tertiary/aromatic N) is 2. The van der Waals surface area contributed by atoms with Gasteiger partial charge in [-0.2, -0.15) is 0 Å². The Morgan fingerprint density at radius 3 is 2.57 bits per heavy atom. The highest BCUT2D eigenvalue weighted by Gasteiger charge is 2.16. The van der Waals surface area contributed by atoms with Crippen molar-refractivity contribution in [2.75, 3.05) is 38.7 Å². The largest absolute Gasteiger partial charge is 0.383 e. The maximum Gasteiger partial charge on any atom is 0.240 e. The van der Waals surface area contributed by atoms with Crippen LogP contribution in [0.2, 0.25) is 0 Å². The third-order valence-electron chi connectivity index (χ3n) is 4.90. The van der Waals surface area contributed by atoms with Gasteiger partial charge in [-0.1, -0.05) is 30.3 Å². The SMILES string of the molecule is COCCNS(=O)(=O)c1cccc(CN=C(Nc2ccccc2)N2CCCCC2)c1. The second-order valence-corrected chi connectivity index (χ2v) is 8.98. The first-order valence-electron chi connectivity index (χ1n) is 10.3. The van der Waals surface area contributed by atoms with Crippen molar-refractivity contribution in [1.29, 1.82) is 0 Å². The summed E-state index contributed by atoms with van der Waals surface area (Å²) >= 11 is 0. The molecule has 2 aromatic carbocycles. The fraction of sp³-hybridized carbons (Fsp3) is 0.409. The van der Waals surface area contributed by atoms with E-state index in [1.807, 2.05) is 36.4 Å². The molecule has 3 rings (SSSR count). The molecule has 0 bridgehead atoms. The molecule has 0 atom stereocenters. The molecule has 1 heterocycles. The molecule has 2 aromatic rings. The van der Waals surface area contributed by atoms with Gasteiger partial charge in [-0.15, -0.1) is 0 Å². The molecule has 0 aliphatic carbocycles. The number of sulfonamides is 1. The number of aliphatic imine (C=N–C) groups is 1. The quantitative estimate of drug-likeness (QED) is 0.382. The van der Waals surface area contributed by atoms with Crippen LogP contribution in [0.5, 0.6) is 0 Å². The lowest BCUT2D eigenvalue weighted by Crippen LogP contribution is -2.40. The number of ether oxygens (including phenoxy) is 1. The van der Waals surface area contributed by atoms with Gasteiger partial charge in [0.1, 0.15) is 0 Å². The Kier molecular flexibility index (Phi) is 8.24. The number of likely N-dealkylation sites (tertiary alicyclic amines) is 1. The van der Waals surface area contributed by atoms with E-state index < -0.39 is 10.0 Å². The van der Waals surface area contributed by atoms with Crippen molar-refractivity contribution >= 4 is 21.7 Å². The van der Waals surface area contributed by atoms with E-state index in [0.29, 0.717) is 13.2 Å². The summed E-state index contributed by atoms with van der Waals surface area (Å²) in [6, 6.07) is 16.9. The van der Waals surface area contributed by atoms with Crippen LogP contribution in [0.3, 0.4) is 0 Å². The molecule has 162 valence electrons. The van der Waals surface area contributed by atoms with E-state index in [0.717, 1.165) is 43.1 Å². The number of nitrogens with one attached hydrogen (secondary N) is 2. The van der Waals surface area contributed by atoms with Crippen LogP contribution >= 0.6 is 0 Å². The van der Waals surface area contributed by atoms with Crippen molar-refractivity contribution in [3.63, 3.8) is 0 Å². The van der Waals surface area contributed by atoms with Gasteiger partial charge in [0, 0.05) is 32.4 Å². The maximum absolute atomic E-state index is 12.5. The molecule has 0 saturated carbocycles. The highest BCUT2D eigenvalue weighted by atomic mass is 32.2. The Morgan fingerprint density at radius 2 is 1.83 bits per heavy atom. The molecule has 2 N–H and O–H groups in total. The van der Waals surface area contributed by atoms with Crippen LogP contribution in [0.15, 0.2) is 64.5 Å². The molecule has 0 spiro atoms. The Morgan fingerprint density at radius 1 is 1.07 bits per heavy atom. The van der Waals surface area contributed by atoms with Crippen molar-refractivity contribution < 1.29 is 13.2 Å². The highest BCUT2D eigenvalue weighted by Crippen LogP contribution is 2.15. The lowest BCUT2D eigenvalue weighted by molar-refractivity contribution is 0.204. The monoisotopic (exact) mass is 430 g/mol. The summed E-state index contributed by atoms with van der Waals surface area (Å²) in [6.07, 6.45) is 3.54. The Hall–Kier alpha value is -2.42. The number of piperidine rings is 1. The summed E-state index contributed by atoms with van der Waals surface area (Å²) in [7, 11) is -2.03. The Balaban J connectivity index is 1.76. The highest BCUT2D eigenvalue weighted by molar-refractivity contribution is 7.89. The Bertz CT molecular complexity index is 926. The molecular formula is C22H30N4O3S. The molecule has 1 saturated heterocycles. The van der Waals surface area contributed by atoms with Crippen LogP contribution in [0.25, 0.3) is 0 Å². The van der Waals surface area contributed by atoms with E-state index in [2.05, 4.69) is 14.9 Å². The van der Waals surface area contributed by atoms with Gasteiger partial charge in [-0.3, -0.25) is 0 Å². The van der Waals surface area contributed by atoms with Gasteiger partial charge < -0.3 is 15.0 Å². The van der Waals surface area contributed by atoms with Gasteiger partial charge in [-0.05, 0) is 49.1 Å². The summed E-state index contributed by atoms with van der Waals surface area (Å²) in [5.74, 6) is 0.826. The minimum absolute atomic E-state index is 0.237. The minimum Gasteiger partial charge on any atom is -0.383 e. The van der Waals surface area contributed by atoms with Crippen LogP contribution in [0, 0.1) is 0 Å². The number of benzene rings is 2. The lowest BCUT2D eigenvalue weighted by atomic mass is 10.1. The third-order valence-corrected chi connectivity index (χ3v) is 6.36. The van der Waals surface area contributed by atoms with Gasteiger partial charge in [-0.25, -0.2) is 18.1 Å². The van der Waals surface area contributed by atoms with Crippen LogP contribution < -0.4 is 10.0 Å². The average Bonchev–Trinajstić information content (AvgIpc) is 2.78. The van der Waals surface area contributed by atoms with Crippen molar-refractivity contribution in [1.82, 2.24) is 9.62 Å². The first-order chi connectivity index (χ1) is 14.6. The fourth-order valence-corrected chi connectivity index (χ4v) is 4.40. The maximum atomic E-state index is 12.5. The number of methoxy groups -OCH3 is 1. The molecule has 0 unspecified atom stereocenters. The second kappa shape index (κ2) is 11.1. The minimum atomic E-state index is -3.57. The molecule has 1 aliphatic rings. The molecule has 0 aromatic heterocycles. The molecule has 1 aliphatic heterocycles. The molecule has 8 heteroatoms. The summed E-state index contributed by atoms with van der Waals surface area (Å²) in [6.45, 7) is 2.90. The van der Waals surface area contributed by atoms with E-state index in [1.54, 1.807) is 18.2 Å². The average molecular weight is 431 g/mol. The van der Waals surface area contributed by atoms with E-state index >= 15 is 0 Å². The number of hydrogen-bond donors (Lipinski definition) is 2. The van der Waals surface area contributed by atoms with E-state index in [4.69, 9.17) is 9.73 Å². The van der Waals surface area contributed by atoms with E-state index in [9.17, 15) is 8.42 Å². The number of anilines is 1. The van der Waals surface area contributed by atoms with Gasteiger partial charge in [0.2, 0.25) is 10.0 Å². The number of para-hydroxylation sites is 1. The van der Waals surface area contributed by atoms with Crippen LogP contribution in [-0.4, -0.2) is 52.6 Å². The third kappa shape index (κ3) is 6.55. The van der Waals surface area contributed by atoms with E-state index in [-0.39, 0.29) is 11.4 Å². The van der Waals surface area contributed by atoms with Gasteiger partial charge in [0.25, 0.3) is 0 Å². The van der Waals surface area contributed by atoms with Crippen molar-refractivity contribution in [3.8, 4) is 0 Å². The van der Waals surface area contributed by atoms with Crippen molar-refractivity contribution in [3.05, 3.63) is 60.2 Å². The van der Waals surface area contributed by atoms with Crippen molar-refractivity contribution in [2.45, 2.75) is 30.7 Å². The normalized spacial score (nSPS) is 15.2. The van der Waals surface area contributed by atoms with Crippen molar-refractivity contribution in [2.24, 2.45) is 4.99 Å². The molecule has 0 radical (unpaired) electrons. The predicted molar refractivity (Wildman–Crippen MR) is 120 cm³/mol. The Labute approximate surface area is 179 Å². The number of rotatable bonds is 8. The van der Waals surface area contributed by atoms with Crippen LogP contribution in [0.4, 0.5) is 5.69 Å². The molecular weight excluding hydrogens is 400 g/mol. The standard InChI is InChI=1S/C22H30N4O3S/c1-29-16-13-24-30(27,28)21-12-8-9-19(17-21)18-23-22(26-14-6-3-7-15-26)25-20-10-4-2-5-11-20/h2,4-5,8-12,17,24H,3,6-7,13-16,18H2,1H3,(H,23,25). The lowest BCUT2D eigenvalue weighted by Gasteiger charge is -2.30. The zero-order valence-electron chi connectivity index (χ0n) is 17.4. The number of hydrogen-bond acceptors (Lipinski definition) is 4. The van der Waals surface area contributed by atoms with Gasteiger partial charge in [0.15, 0.2) is 5.96 Å². The molecule has 30 heavy (non-hydrogen) atoms. The summed E-state index contributed by atoms with van der Waals surface area (Å²) in [4.78, 5) is 7.31. The van der Waals surface area contributed by atoms with Crippen LogP contribution in [0.1, 0.15) is 24.8 Å². The molecule has 7 nitrogen and oxygen atoms in total. The summed E-state index contributed by atoms with van der Waals surface area (Å²) < 4.78 is 32.4. The number of guanidine groups is 1. The van der Waals surface area contributed by atoms with E-state index in [1.165, 1.54) is 13.5 Å². The van der Waals surface area contributed by atoms with Crippen LogP contribution in [-0.2, 0) is 21.3 Å². The smallest absolute Gasteiger partial charge is 0.240 e. The predicted octanol–water partition coefficient (Wildman–Crippen LogP) is 3.07. The van der Waals surface area contributed by atoms with Gasteiger partial charge in [0.05, 0.1) is 18.0 Å². The topological polar surface area (TPSA) is 83.0 Å². The first kappa shape index (κ1) is 22.3. The zero-order chi connectivity index (χ0) is 21.2. The first-order valence-corrected chi connectivity index (χ1v) is 11.8. The zero-order valence-corrected chi connectivity index (χ0v) is 18.2. The second-order valence-electron chi connectivity index (χ2n) is 7.22. The van der Waals surface area contributed by atoms with Gasteiger partial charge >= 0.3 is 0 Å².